The zero-order valence-corrected chi connectivity index (χ0v) is 18.5. The maximum Gasteiger partial charge on any atom is 0.251 e. The highest BCUT2D eigenvalue weighted by molar-refractivity contribution is 7.15. The summed E-state index contributed by atoms with van der Waals surface area (Å²) in [5.74, 6) is 0.910. The minimum absolute atomic E-state index is 0.277. The molecular weight excluding hydrogens is 435 g/mol. The number of aromatic nitrogens is 3. The molecule has 0 saturated carbocycles. The van der Waals surface area contributed by atoms with Gasteiger partial charge in [0, 0.05) is 23.9 Å². The molecule has 32 heavy (non-hydrogen) atoms. The Morgan fingerprint density at radius 3 is 2.50 bits per heavy atom. The Balaban J connectivity index is 1.47. The van der Waals surface area contributed by atoms with Crippen molar-refractivity contribution in [1.29, 1.82) is 0 Å². The van der Waals surface area contributed by atoms with E-state index in [0.717, 1.165) is 5.69 Å². The molecule has 2 aromatic heterocycles. The first-order valence-corrected chi connectivity index (χ1v) is 10.6. The number of nitrogens with zero attached hydrogens (tertiary/aromatic N) is 3. The average molecular weight is 456 g/mol. The van der Waals surface area contributed by atoms with Gasteiger partial charge in [0.15, 0.2) is 17.3 Å². The SMILES string of the molecule is COc1cc(C(=O)NCCc2csc3nc(-c4ccccc4F)nn23)cc(OC)c1OC. The summed E-state index contributed by atoms with van der Waals surface area (Å²) >= 11 is 1.41. The fourth-order valence-corrected chi connectivity index (χ4v) is 4.13. The van der Waals surface area contributed by atoms with Crippen LogP contribution in [0.3, 0.4) is 0 Å². The van der Waals surface area contributed by atoms with Crippen LogP contribution in [-0.2, 0) is 6.42 Å². The first-order chi connectivity index (χ1) is 15.5. The lowest BCUT2D eigenvalue weighted by molar-refractivity contribution is 0.0953. The van der Waals surface area contributed by atoms with Gasteiger partial charge >= 0.3 is 0 Å². The van der Waals surface area contributed by atoms with Gasteiger partial charge in [-0.2, -0.15) is 4.98 Å². The van der Waals surface area contributed by atoms with Crippen LogP contribution in [0.4, 0.5) is 4.39 Å². The maximum absolute atomic E-state index is 14.1. The molecule has 0 fully saturated rings. The zero-order chi connectivity index (χ0) is 22.7. The smallest absolute Gasteiger partial charge is 0.251 e. The lowest BCUT2D eigenvalue weighted by Crippen LogP contribution is -2.26. The van der Waals surface area contributed by atoms with Crippen LogP contribution in [0.25, 0.3) is 16.3 Å². The van der Waals surface area contributed by atoms with E-state index in [4.69, 9.17) is 14.2 Å². The van der Waals surface area contributed by atoms with Gasteiger partial charge in [0.1, 0.15) is 5.82 Å². The molecule has 2 aromatic carbocycles. The standard InChI is InChI=1S/C22H21FN4O4S/c1-29-17-10-13(11-18(30-2)19(17)31-3)21(28)24-9-8-14-12-32-22-25-20(26-27(14)22)15-6-4-5-7-16(15)23/h4-7,10-12H,8-9H2,1-3H3,(H,24,28). The van der Waals surface area contributed by atoms with E-state index in [-0.39, 0.29) is 11.7 Å². The van der Waals surface area contributed by atoms with Gasteiger partial charge in [-0.25, -0.2) is 8.91 Å². The van der Waals surface area contributed by atoms with Crippen molar-refractivity contribution in [2.45, 2.75) is 6.42 Å². The van der Waals surface area contributed by atoms with Gasteiger partial charge in [-0.1, -0.05) is 12.1 Å². The van der Waals surface area contributed by atoms with Crippen molar-refractivity contribution in [3.05, 3.63) is 58.9 Å². The van der Waals surface area contributed by atoms with E-state index in [1.807, 2.05) is 5.38 Å². The molecule has 0 radical (unpaired) electrons. The van der Waals surface area contributed by atoms with E-state index in [2.05, 4.69) is 15.4 Å². The summed E-state index contributed by atoms with van der Waals surface area (Å²) in [5, 5.41) is 9.24. The second-order valence-electron chi connectivity index (χ2n) is 6.76. The van der Waals surface area contributed by atoms with E-state index in [0.29, 0.717) is 52.1 Å². The number of halogens is 1. The van der Waals surface area contributed by atoms with Crippen LogP contribution in [0.5, 0.6) is 17.2 Å². The van der Waals surface area contributed by atoms with Gasteiger partial charge in [0.05, 0.1) is 32.6 Å². The molecule has 0 aliphatic heterocycles. The van der Waals surface area contributed by atoms with Crippen molar-refractivity contribution < 1.29 is 23.4 Å². The number of amides is 1. The molecule has 0 aliphatic carbocycles. The number of fused-ring (bicyclic) bond motifs is 1. The second-order valence-corrected chi connectivity index (χ2v) is 7.59. The van der Waals surface area contributed by atoms with Crippen LogP contribution in [0.2, 0.25) is 0 Å². The highest BCUT2D eigenvalue weighted by atomic mass is 32.1. The van der Waals surface area contributed by atoms with Crippen LogP contribution < -0.4 is 19.5 Å². The molecule has 0 saturated heterocycles. The van der Waals surface area contributed by atoms with Gasteiger partial charge in [-0.05, 0) is 24.3 Å². The molecular formula is C22H21FN4O4S. The van der Waals surface area contributed by atoms with Gasteiger partial charge in [-0.15, -0.1) is 16.4 Å². The molecule has 0 bridgehead atoms. The second kappa shape index (κ2) is 9.23. The van der Waals surface area contributed by atoms with Crippen molar-refractivity contribution in [2.24, 2.45) is 0 Å². The van der Waals surface area contributed by atoms with Gasteiger partial charge in [0.25, 0.3) is 5.91 Å². The summed E-state index contributed by atoms with van der Waals surface area (Å²) < 4.78 is 31.6. The minimum atomic E-state index is -0.370. The van der Waals surface area contributed by atoms with Crippen LogP contribution in [0.15, 0.2) is 41.8 Å². The highest BCUT2D eigenvalue weighted by Gasteiger charge is 2.18. The Hall–Kier alpha value is -3.66. The van der Waals surface area contributed by atoms with Gasteiger partial charge in [-0.3, -0.25) is 4.79 Å². The average Bonchev–Trinajstić information content (AvgIpc) is 3.39. The quantitative estimate of drug-likeness (QED) is 0.436. The monoisotopic (exact) mass is 456 g/mol. The topological polar surface area (TPSA) is 87.0 Å². The third-order valence-electron chi connectivity index (χ3n) is 4.86. The Kier molecular flexibility index (Phi) is 6.22. The first-order valence-electron chi connectivity index (χ1n) is 9.72. The molecule has 0 aliphatic rings. The van der Waals surface area contributed by atoms with Crippen molar-refractivity contribution >= 4 is 22.2 Å². The lowest BCUT2D eigenvalue weighted by Gasteiger charge is -2.14. The van der Waals surface area contributed by atoms with Crippen LogP contribution >= 0.6 is 11.3 Å². The molecule has 0 spiro atoms. The number of nitrogens with one attached hydrogen (secondary N) is 1. The number of hydrogen-bond acceptors (Lipinski definition) is 7. The maximum atomic E-state index is 14.1. The van der Waals surface area contributed by atoms with Crippen LogP contribution in [0.1, 0.15) is 16.1 Å². The predicted molar refractivity (Wildman–Crippen MR) is 118 cm³/mol. The summed E-state index contributed by atoms with van der Waals surface area (Å²) in [6, 6.07) is 9.58. The van der Waals surface area contributed by atoms with E-state index in [9.17, 15) is 9.18 Å². The van der Waals surface area contributed by atoms with E-state index in [1.54, 1.807) is 34.8 Å². The summed E-state index contributed by atoms with van der Waals surface area (Å²) in [6.45, 7) is 0.371. The van der Waals surface area contributed by atoms with E-state index < -0.39 is 0 Å². The normalized spacial score (nSPS) is 10.9. The number of methoxy groups -OCH3 is 3. The number of hydrogen-bond donors (Lipinski definition) is 1. The first kappa shape index (κ1) is 21.6. The molecule has 8 nitrogen and oxygen atoms in total. The van der Waals surface area contributed by atoms with Crippen molar-refractivity contribution in [3.63, 3.8) is 0 Å². The summed E-state index contributed by atoms with van der Waals surface area (Å²) in [7, 11) is 4.49. The Morgan fingerprint density at radius 1 is 1.12 bits per heavy atom. The number of benzene rings is 2. The molecule has 1 N–H and O–H groups in total. The molecule has 0 unspecified atom stereocenters. The van der Waals surface area contributed by atoms with E-state index in [1.165, 1.54) is 38.7 Å². The molecule has 2 heterocycles. The summed E-state index contributed by atoms with van der Waals surface area (Å²) in [5.41, 5.74) is 1.60. The summed E-state index contributed by atoms with van der Waals surface area (Å²) in [4.78, 5) is 17.7. The van der Waals surface area contributed by atoms with Crippen LogP contribution in [0, 0.1) is 5.82 Å². The minimum Gasteiger partial charge on any atom is -0.493 e. The van der Waals surface area contributed by atoms with Gasteiger partial charge < -0.3 is 19.5 Å². The van der Waals surface area contributed by atoms with Crippen molar-refractivity contribution in [2.75, 3.05) is 27.9 Å². The lowest BCUT2D eigenvalue weighted by atomic mass is 10.1. The molecule has 10 heteroatoms. The Morgan fingerprint density at radius 2 is 1.84 bits per heavy atom. The molecule has 0 atom stereocenters. The highest BCUT2D eigenvalue weighted by Crippen LogP contribution is 2.38. The van der Waals surface area contributed by atoms with Crippen molar-refractivity contribution in [3.8, 4) is 28.6 Å². The number of carbonyl (C=O) groups is 1. The molecule has 1 amide bonds. The molecule has 4 rings (SSSR count). The van der Waals surface area contributed by atoms with Crippen molar-refractivity contribution in [1.82, 2.24) is 19.9 Å². The third kappa shape index (κ3) is 4.09. The number of rotatable bonds is 8. The third-order valence-corrected chi connectivity index (χ3v) is 5.72. The fourth-order valence-electron chi connectivity index (χ4n) is 3.27. The van der Waals surface area contributed by atoms with Crippen LogP contribution in [-0.4, -0.2) is 48.4 Å². The molecule has 166 valence electrons. The Labute approximate surface area is 187 Å². The largest absolute Gasteiger partial charge is 0.493 e. The predicted octanol–water partition coefficient (Wildman–Crippen LogP) is 3.60. The van der Waals surface area contributed by atoms with E-state index >= 15 is 0 Å². The van der Waals surface area contributed by atoms with Gasteiger partial charge in [0.2, 0.25) is 10.7 Å². The molecule has 4 aromatic rings. The Bertz CT molecular complexity index is 1250. The number of ether oxygens (including phenoxy) is 3. The number of carbonyl (C=O) groups excluding carboxylic acids is 1. The fraction of sp³-hybridized carbons (Fsp3) is 0.227. The number of thiazole rings is 1. The zero-order valence-electron chi connectivity index (χ0n) is 17.7. The summed E-state index contributed by atoms with van der Waals surface area (Å²) in [6.07, 6.45) is 0.524.